The molecular formula is C18H23N3O4. The van der Waals surface area contributed by atoms with Crippen LogP contribution < -0.4 is 10.1 Å². The highest BCUT2D eigenvalue weighted by Gasteiger charge is 2.26. The molecule has 1 aromatic rings. The summed E-state index contributed by atoms with van der Waals surface area (Å²) in [6.07, 6.45) is 0.707. The number of nitrogens with one attached hydrogen (secondary N) is 1. The first-order valence-electron chi connectivity index (χ1n) is 8.68. The quantitative estimate of drug-likeness (QED) is 0.881. The van der Waals surface area contributed by atoms with Crippen LogP contribution in [0.2, 0.25) is 0 Å². The molecule has 3 amide bonds. The molecule has 2 heterocycles. The van der Waals surface area contributed by atoms with Crippen LogP contribution in [0.3, 0.4) is 0 Å². The van der Waals surface area contributed by atoms with Crippen molar-refractivity contribution in [2.24, 2.45) is 0 Å². The number of benzene rings is 1. The molecule has 0 aromatic heterocycles. The van der Waals surface area contributed by atoms with Gasteiger partial charge in [-0.05, 0) is 31.5 Å². The van der Waals surface area contributed by atoms with Crippen molar-refractivity contribution >= 4 is 23.4 Å². The molecular weight excluding hydrogens is 322 g/mol. The predicted molar refractivity (Wildman–Crippen MR) is 92.6 cm³/mol. The first kappa shape index (κ1) is 17.3. The minimum Gasteiger partial charge on any atom is -0.479 e. The molecule has 1 saturated heterocycles. The van der Waals surface area contributed by atoms with Crippen LogP contribution in [0.15, 0.2) is 18.2 Å². The maximum Gasteiger partial charge on any atom is 0.265 e. The SMILES string of the molecule is CCC(=O)N1CCCN(C(=O)c2ccc3c(c2)NC(=O)C(C)O3)CC1. The van der Waals surface area contributed by atoms with Crippen molar-refractivity contribution in [3.05, 3.63) is 23.8 Å². The Morgan fingerprint density at radius 1 is 1.20 bits per heavy atom. The molecule has 1 atom stereocenters. The third-order valence-corrected chi connectivity index (χ3v) is 4.60. The van der Waals surface area contributed by atoms with E-state index in [1.54, 1.807) is 30.0 Å². The van der Waals surface area contributed by atoms with E-state index in [0.717, 1.165) is 6.42 Å². The number of ether oxygens (including phenoxy) is 1. The monoisotopic (exact) mass is 345 g/mol. The van der Waals surface area contributed by atoms with Gasteiger partial charge in [-0.3, -0.25) is 14.4 Å². The van der Waals surface area contributed by atoms with Gasteiger partial charge in [0, 0.05) is 38.2 Å². The third kappa shape index (κ3) is 3.60. The number of carbonyl (C=O) groups is 3. The Morgan fingerprint density at radius 3 is 2.68 bits per heavy atom. The second-order valence-electron chi connectivity index (χ2n) is 6.34. The van der Waals surface area contributed by atoms with Crippen LogP contribution in [0.1, 0.15) is 37.0 Å². The van der Waals surface area contributed by atoms with Gasteiger partial charge in [-0.2, -0.15) is 0 Å². The van der Waals surface area contributed by atoms with Gasteiger partial charge in [-0.1, -0.05) is 6.92 Å². The zero-order valence-electron chi connectivity index (χ0n) is 14.6. The molecule has 1 unspecified atom stereocenters. The lowest BCUT2D eigenvalue weighted by atomic mass is 10.1. The minimum absolute atomic E-state index is 0.0959. The Labute approximate surface area is 146 Å². The number of fused-ring (bicyclic) bond motifs is 1. The van der Waals surface area contributed by atoms with E-state index in [4.69, 9.17) is 4.74 Å². The first-order chi connectivity index (χ1) is 12.0. The average Bonchev–Trinajstić information content (AvgIpc) is 2.87. The number of hydrogen-bond donors (Lipinski definition) is 1. The molecule has 2 aliphatic rings. The summed E-state index contributed by atoms with van der Waals surface area (Å²) < 4.78 is 5.52. The molecule has 7 nitrogen and oxygen atoms in total. The molecule has 0 saturated carbocycles. The standard InChI is InChI=1S/C18H23N3O4/c1-3-16(22)20-7-4-8-21(10-9-20)18(24)13-5-6-15-14(11-13)19-17(23)12(2)25-15/h5-6,11-12H,3-4,7-10H2,1-2H3,(H,19,23). The summed E-state index contributed by atoms with van der Waals surface area (Å²) in [6.45, 7) is 5.90. The summed E-state index contributed by atoms with van der Waals surface area (Å²) >= 11 is 0. The maximum atomic E-state index is 12.8. The summed E-state index contributed by atoms with van der Waals surface area (Å²) in [4.78, 5) is 40.0. The molecule has 0 aliphatic carbocycles. The van der Waals surface area contributed by atoms with E-state index >= 15 is 0 Å². The van der Waals surface area contributed by atoms with Crippen molar-refractivity contribution in [1.82, 2.24) is 9.80 Å². The van der Waals surface area contributed by atoms with E-state index in [2.05, 4.69) is 5.32 Å². The van der Waals surface area contributed by atoms with Gasteiger partial charge in [0.05, 0.1) is 5.69 Å². The molecule has 0 spiro atoms. The molecule has 7 heteroatoms. The Balaban J connectivity index is 1.72. The van der Waals surface area contributed by atoms with E-state index < -0.39 is 6.10 Å². The molecule has 2 aliphatic heterocycles. The molecule has 25 heavy (non-hydrogen) atoms. The second kappa shape index (κ2) is 7.13. The largest absolute Gasteiger partial charge is 0.479 e. The average molecular weight is 345 g/mol. The molecule has 3 rings (SSSR count). The van der Waals surface area contributed by atoms with E-state index in [1.807, 2.05) is 11.8 Å². The third-order valence-electron chi connectivity index (χ3n) is 4.60. The molecule has 0 radical (unpaired) electrons. The van der Waals surface area contributed by atoms with Gasteiger partial charge in [0.15, 0.2) is 6.10 Å². The lowest BCUT2D eigenvalue weighted by Crippen LogP contribution is -2.37. The van der Waals surface area contributed by atoms with Gasteiger partial charge < -0.3 is 19.9 Å². The number of rotatable bonds is 2. The van der Waals surface area contributed by atoms with E-state index in [1.165, 1.54) is 0 Å². The van der Waals surface area contributed by atoms with Crippen LogP contribution in [0.4, 0.5) is 5.69 Å². The fourth-order valence-corrected chi connectivity index (χ4v) is 3.12. The van der Waals surface area contributed by atoms with Crippen LogP contribution >= 0.6 is 0 Å². The summed E-state index contributed by atoms with van der Waals surface area (Å²) in [6, 6.07) is 5.08. The van der Waals surface area contributed by atoms with Gasteiger partial charge in [0.1, 0.15) is 5.75 Å². The van der Waals surface area contributed by atoms with Gasteiger partial charge in [-0.25, -0.2) is 0 Å². The van der Waals surface area contributed by atoms with Crippen LogP contribution in [0.25, 0.3) is 0 Å². The van der Waals surface area contributed by atoms with E-state index in [-0.39, 0.29) is 17.7 Å². The van der Waals surface area contributed by atoms with Crippen molar-refractivity contribution in [1.29, 1.82) is 0 Å². The van der Waals surface area contributed by atoms with Gasteiger partial charge >= 0.3 is 0 Å². The fourth-order valence-electron chi connectivity index (χ4n) is 3.12. The highest BCUT2D eigenvalue weighted by molar-refractivity contribution is 6.01. The number of carbonyl (C=O) groups excluding carboxylic acids is 3. The normalized spacial score (nSPS) is 20.2. The summed E-state index contributed by atoms with van der Waals surface area (Å²) in [5.74, 6) is 0.373. The van der Waals surface area contributed by atoms with Gasteiger partial charge in [0.25, 0.3) is 11.8 Å². The van der Waals surface area contributed by atoms with Crippen LogP contribution in [0.5, 0.6) is 5.75 Å². The molecule has 1 N–H and O–H groups in total. The van der Waals surface area contributed by atoms with Crippen LogP contribution in [-0.2, 0) is 9.59 Å². The lowest BCUT2D eigenvalue weighted by Gasteiger charge is -2.25. The topological polar surface area (TPSA) is 79.0 Å². The van der Waals surface area contributed by atoms with Crippen molar-refractivity contribution in [3.8, 4) is 5.75 Å². The highest BCUT2D eigenvalue weighted by atomic mass is 16.5. The van der Waals surface area contributed by atoms with Crippen molar-refractivity contribution < 1.29 is 19.1 Å². The van der Waals surface area contributed by atoms with E-state index in [9.17, 15) is 14.4 Å². The zero-order valence-corrected chi connectivity index (χ0v) is 14.6. The van der Waals surface area contributed by atoms with Crippen molar-refractivity contribution in [2.45, 2.75) is 32.8 Å². The number of amides is 3. The number of nitrogens with zero attached hydrogens (tertiary/aromatic N) is 2. The fraction of sp³-hybridized carbons (Fsp3) is 0.500. The molecule has 0 bridgehead atoms. The number of anilines is 1. The maximum absolute atomic E-state index is 12.8. The minimum atomic E-state index is -0.540. The van der Waals surface area contributed by atoms with Crippen molar-refractivity contribution in [2.75, 3.05) is 31.5 Å². The Bertz CT molecular complexity index is 704. The Kier molecular flexibility index (Phi) is 4.92. The summed E-state index contributed by atoms with van der Waals surface area (Å²) in [5, 5.41) is 2.76. The Hall–Kier alpha value is -2.57. The van der Waals surface area contributed by atoms with E-state index in [0.29, 0.717) is 49.6 Å². The zero-order chi connectivity index (χ0) is 18.0. The lowest BCUT2D eigenvalue weighted by molar-refractivity contribution is -0.130. The summed E-state index contributed by atoms with van der Waals surface area (Å²) in [7, 11) is 0. The Morgan fingerprint density at radius 2 is 1.92 bits per heavy atom. The molecule has 1 fully saturated rings. The molecule has 1 aromatic carbocycles. The summed E-state index contributed by atoms with van der Waals surface area (Å²) in [5.41, 5.74) is 1.03. The van der Waals surface area contributed by atoms with Crippen LogP contribution in [0, 0.1) is 0 Å². The predicted octanol–water partition coefficient (Wildman–Crippen LogP) is 1.49. The van der Waals surface area contributed by atoms with Crippen molar-refractivity contribution in [3.63, 3.8) is 0 Å². The van der Waals surface area contributed by atoms with Gasteiger partial charge in [0.2, 0.25) is 5.91 Å². The number of hydrogen-bond acceptors (Lipinski definition) is 4. The van der Waals surface area contributed by atoms with Gasteiger partial charge in [-0.15, -0.1) is 0 Å². The molecule has 134 valence electrons. The van der Waals surface area contributed by atoms with Crippen LogP contribution in [-0.4, -0.2) is 59.8 Å². The first-order valence-corrected chi connectivity index (χ1v) is 8.68. The second-order valence-corrected chi connectivity index (χ2v) is 6.34. The highest BCUT2D eigenvalue weighted by Crippen LogP contribution is 2.30. The smallest absolute Gasteiger partial charge is 0.265 e.